The Balaban J connectivity index is 1.78. The van der Waals surface area contributed by atoms with Crippen molar-refractivity contribution in [1.82, 2.24) is 15.5 Å². The second-order valence-electron chi connectivity index (χ2n) is 7.58. The summed E-state index contributed by atoms with van der Waals surface area (Å²) in [6.45, 7) is 6.05. The van der Waals surface area contributed by atoms with Gasteiger partial charge in [0.05, 0.1) is 6.61 Å². The summed E-state index contributed by atoms with van der Waals surface area (Å²) in [5.41, 5.74) is 2.33. The lowest BCUT2D eigenvalue weighted by Crippen LogP contribution is -2.42. The molecular formula is C22H38N4O2. The van der Waals surface area contributed by atoms with Gasteiger partial charge >= 0.3 is 0 Å². The third-order valence-corrected chi connectivity index (χ3v) is 5.35. The van der Waals surface area contributed by atoms with Crippen LogP contribution in [0.25, 0.3) is 0 Å². The van der Waals surface area contributed by atoms with E-state index in [9.17, 15) is 0 Å². The van der Waals surface area contributed by atoms with Crippen molar-refractivity contribution in [3.63, 3.8) is 0 Å². The van der Waals surface area contributed by atoms with E-state index < -0.39 is 0 Å². The molecule has 6 nitrogen and oxygen atoms in total. The number of aliphatic imine (C=N–C) groups is 1. The van der Waals surface area contributed by atoms with Crippen LogP contribution < -0.4 is 15.4 Å². The molecule has 0 bridgehead atoms. The standard InChI is InChI=1S/C22H38N4O2/c1-18-10-11-19(21(16-18)28-15-7-14-27-4)17-25-22(23-2)24-12-13-26(3)20-8-5-6-9-20/h10-11,16,20H,5-9,12-15,17H2,1-4H3,(H2,23,24,25). The first-order valence-corrected chi connectivity index (χ1v) is 10.5. The number of hydrogen-bond donors (Lipinski definition) is 2. The molecule has 0 radical (unpaired) electrons. The molecule has 0 atom stereocenters. The van der Waals surface area contributed by atoms with Gasteiger partial charge in [0.1, 0.15) is 5.75 Å². The fourth-order valence-electron chi connectivity index (χ4n) is 3.61. The largest absolute Gasteiger partial charge is 0.493 e. The summed E-state index contributed by atoms with van der Waals surface area (Å²) < 4.78 is 11.1. The molecule has 0 amide bonds. The summed E-state index contributed by atoms with van der Waals surface area (Å²) in [5.74, 6) is 1.76. The first-order chi connectivity index (χ1) is 13.6. The number of aryl methyl sites for hydroxylation is 1. The molecule has 1 aliphatic rings. The Morgan fingerprint density at radius 1 is 1.21 bits per heavy atom. The molecule has 1 aromatic rings. The SMILES string of the molecule is CN=C(NCCN(C)C1CCCC1)NCc1ccc(C)cc1OCCCOC. The lowest BCUT2D eigenvalue weighted by atomic mass is 10.1. The maximum Gasteiger partial charge on any atom is 0.191 e. The molecular weight excluding hydrogens is 352 g/mol. The van der Waals surface area contributed by atoms with Gasteiger partial charge in [-0.1, -0.05) is 25.0 Å². The number of methoxy groups -OCH3 is 1. The van der Waals surface area contributed by atoms with E-state index in [0.29, 0.717) is 19.8 Å². The minimum Gasteiger partial charge on any atom is -0.493 e. The molecule has 1 saturated carbocycles. The van der Waals surface area contributed by atoms with E-state index in [0.717, 1.165) is 42.8 Å². The van der Waals surface area contributed by atoms with E-state index in [-0.39, 0.29) is 0 Å². The molecule has 2 N–H and O–H groups in total. The van der Waals surface area contributed by atoms with Crippen LogP contribution in [0.2, 0.25) is 0 Å². The van der Waals surface area contributed by atoms with Gasteiger partial charge in [0.15, 0.2) is 5.96 Å². The highest BCUT2D eigenvalue weighted by molar-refractivity contribution is 5.79. The molecule has 0 aromatic heterocycles. The van der Waals surface area contributed by atoms with Gasteiger partial charge in [-0.3, -0.25) is 4.99 Å². The quantitative estimate of drug-likeness (QED) is 0.346. The van der Waals surface area contributed by atoms with Crippen molar-refractivity contribution in [3.05, 3.63) is 29.3 Å². The molecule has 0 saturated heterocycles. The van der Waals surface area contributed by atoms with Crippen LogP contribution in [-0.2, 0) is 11.3 Å². The van der Waals surface area contributed by atoms with Crippen molar-refractivity contribution in [2.45, 2.75) is 51.6 Å². The van der Waals surface area contributed by atoms with Crippen molar-refractivity contribution in [1.29, 1.82) is 0 Å². The summed E-state index contributed by atoms with van der Waals surface area (Å²) in [7, 11) is 5.76. The Morgan fingerprint density at radius 2 is 2.00 bits per heavy atom. The van der Waals surface area contributed by atoms with Gasteiger partial charge in [0.2, 0.25) is 0 Å². The van der Waals surface area contributed by atoms with Gasteiger partial charge in [-0.2, -0.15) is 0 Å². The van der Waals surface area contributed by atoms with Crippen LogP contribution in [0, 0.1) is 6.92 Å². The fraction of sp³-hybridized carbons (Fsp3) is 0.682. The second kappa shape index (κ2) is 12.6. The van der Waals surface area contributed by atoms with E-state index >= 15 is 0 Å². The van der Waals surface area contributed by atoms with Crippen LogP contribution in [0.5, 0.6) is 5.75 Å². The van der Waals surface area contributed by atoms with Gasteiger partial charge in [-0.25, -0.2) is 0 Å². The number of ether oxygens (including phenoxy) is 2. The Bertz CT molecular complexity index is 600. The van der Waals surface area contributed by atoms with Gasteiger partial charge in [0, 0.05) is 58.4 Å². The maximum atomic E-state index is 5.97. The van der Waals surface area contributed by atoms with E-state index in [4.69, 9.17) is 9.47 Å². The van der Waals surface area contributed by atoms with E-state index in [1.165, 1.54) is 31.2 Å². The summed E-state index contributed by atoms with van der Waals surface area (Å²) in [6, 6.07) is 7.08. The molecule has 0 heterocycles. The molecule has 1 aromatic carbocycles. The fourth-order valence-corrected chi connectivity index (χ4v) is 3.61. The predicted octanol–water partition coefficient (Wildman–Crippen LogP) is 2.95. The number of hydrogen-bond acceptors (Lipinski definition) is 4. The van der Waals surface area contributed by atoms with E-state index in [1.807, 2.05) is 7.05 Å². The predicted molar refractivity (Wildman–Crippen MR) is 116 cm³/mol. The minimum atomic E-state index is 0.658. The zero-order valence-electron chi connectivity index (χ0n) is 18.1. The third-order valence-electron chi connectivity index (χ3n) is 5.35. The van der Waals surface area contributed by atoms with Crippen LogP contribution in [-0.4, -0.2) is 64.4 Å². The molecule has 0 spiro atoms. The number of rotatable bonds is 11. The number of likely N-dealkylation sites (N-methyl/N-ethyl adjacent to an activating group) is 1. The number of guanidine groups is 1. The molecule has 6 heteroatoms. The van der Waals surface area contributed by atoms with Crippen molar-refractivity contribution in [3.8, 4) is 5.75 Å². The number of nitrogens with one attached hydrogen (secondary N) is 2. The first-order valence-electron chi connectivity index (χ1n) is 10.5. The van der Waals surface area contributed by atoms with Crippen LogP contribution in [0.3, 0.4) is 0 Å². The number of benzene rings is 1. The van der Waals surface area contributed by atoms with Gasteiger partial charge in [-0.05, 0) is 38.4 Å². The van der Waals surface area contributed by atoms with Crippen molar-refractivity contribution in [2.75, 3.05) is 47.5 Å². The number of nitrogens with zero attached hydrogens (tertiary/aromatic N) is 2. The van der Waals surface area contributed by atoms with Crippen molar-refractivity contribution >= 4 is 5.96 Å². The third kappa shape index (κ3) is 7.68. The smallest absolute Gasteiger partial charge is 0.191 e. The van der Waals surface area contributed by atoms with Crippen LogP contribution in [0.15, 0.2) is 23.2 Å². The molecule has 28 heavy (non-hydrogen) atoms. The van der Waals surface area contributed by atoms with Crippen LogP contribution >= 0.6 is 0 Å². The normalized spacial score (nSPS) is 15.2. The molecule has 1 aliphatic carbocycles. The second-order valence-corrected chi connectivity index (χ2v) is 7.58. The zero-order chi connectivity index (χ0) is 20.2. The average molecular weight is 391 g/mol. The highest BCUT2D eigenvalue weighted by atomic mass is 16.5. The first kappa shape index (κ1) is 22.5. The average Bonchev–Trinajstić information content (AvgIpc) is 3.24. The summed E-state index contributed by atoms with van der Waals surface area (Å²) in [5, 5.41) is 6.83. The lowest BCUT2D eigenvalue weighted by Gasteiger charge is -2.24. The molecule has 1 fully saturated rings. The zero-order valence-corrected chi connectivity index (χ0v) is 18.1. The molecule has 0 unspecified atom stereocenters. The topological polar surface area (TPSA) is 58.1 Å². The van der Waals surface area contributed by atoms with Gasteiger partial charge in [0.25, 0.3) is 0 Å². The molecule has 2 rings (SSSR count). The lowest BCUT2D eigenvalue weighted by molar-refractivity contribution is 0.171. The minimum absolute atomic E-state index is 0.658. The highest BCUT2D eigenvalue weighted by Crippen LogP contribution is 2.22. The van der Waals surface area contributed by atoms with Crippen LogP contribution in [0.4, 0.5) is 0 Å². The van der Waals surface area contributed by atoms with Crippen molar-refractivity contribution < 1.29 is 9.47 Å². The Labute approximate surface area is 170 Å². The highest BCUT2D eigenvalue weighted by Gasteiger charge is 2.18. The molecule has 0 aliphatic heterocycles. The monoisotopic (exact) mass is 390 g/mol. The van der Waals surface area contributed by atoms with Gasteiger partial charge < -0.3 is 25.0 Å². The van der Waals surface area contributed by atoms with Crippen molar-refractivity contribution in [2.24, 2.45) is 4.99 Å². The van der Waals surface area contributed by atoms with Crippen LogP contribution in [0.1, 0.15) is 43.2 Å². The summed E-state index contributed by atoms with van der Waals surface area (Å²) in [4.78, 5) is 6.82. The Hall–Kier alpha value is -1.79. The Kier molecular flexibility index (Phi) is 10.1. The van der Waals surface area contributed by atoms with Gasteiger partial charge in [-0.15, -0.1) is 0 Å². The van der Waals surface area contributed by atoms with E-state index in [1.54, 1.807) is 7.11 Å². The maximum absolute atomic E-state index is 5.97. The summed E-state index contributed by atoms with van der Waals surface area (Å²) >= 11 is 0. The molecule has 158 valence electrons. The van der Waals surface area contributed by atoms with E-state index in [2.05, 4.69) is 52.7 Å². The Morgan fingerprint density at radius 3 is 2.71 bits per heavy atom. The summed E-state index contributed by atoms with van der Waals surface area (Å²) in [6.07, 6.45) is 6.30.